The van der Waals surface area contributed by atoms with Crippen LogP contribution in [0.15, 0.2) is 0 Å². The maximum absolute atomic E-state index is 5.76. The summed E-state index contributed by atoms with van der Waals surface area (Å²) in [6.45, 7) is 6.56. The highest BCUT2D eigenvalue weighted by atomic mass is 35.5. The smallest absolute Gasteiger partial charge is 0.0307 e. The maximum Gasteiger partial charge on any atom is 0.0307 e. The number of rotatable bonds is 4. The van der Waals surface area contributed by atoms with Crippen molar-refractivity contribution in [2.75, 3.05) is 0 Å². The predicted molar refractivity (Wildman–Crippen MR) is 55.3 cm³/mol. The van der Waals surface area contributed by atoms with Crippen LogP contribution in [-0.4, -0.2) is 16.3 Å². The fourth-order valence-corrected chi connectivity index (χ4v) is 0.962. The van der Waals surface area contributed by atoms with Crippen LogP contribution in [0.5, 0.6) is 0 Å². The number of hydrogen-bond donors (Lipinski definition) is 0. The van der Waals surface area contributed by atoms with Gasteiger partial charge in [-0.1, -0.05) is 26.7 Å². The van der Waals surface area contributed by atoms with Crippen LogP contribution in [0.25, 0.3) is 0 Å². The standard InChI is InChI=1S/C8H17Cl.H4Si/c1-7(2)5-4-6-8(3)9;/h7-8H,4-6H2,1-3H3;1H4. The summed E-state index contributed by atoms with van der Waals surface area (Å²) in [6.07, 6.45) is 3.76. The Morgan fingerprint density at radius 2 is 1.60 bits per heavy atom. The lowest BCUT2D eigenvalue weighted by Crippen LogP contribution is -1.93. The zero-order chi connectivity index (χ0) is 7.28. The number of hydrogen-bond acceptors (Lipinski definition) is 0. The molecule has 0 fully saturated rings. The second kappa shape index (κ2) is 7.61. The normalized spacial score (nSPS) is 12.9. The Balaban J connectivity index is 0. The highest BCUT2D eigenvalue weighted by molar-refractivity contribution is 6.20. The van der Waals surface area contributed by atoms with Crippen molar-refractivity contribution < 1.29 is 0 Å². The Morgan fingerprint density at radius 3 is 1.90 bits per heavy atom. The fraction of sp³-hybridized carbons (Fsp3) is 1.00. The van der Waals surface area contributed by atoms with Gasteiger partial charge >= 0.3 is 0 Å². The molecule has 0 bridgehead atoms. The van der Waals surface area contributed by atoms with E-state index in [-0.39, 0.29) is 11.0 Å². The molecule has 0 aliphatic heterocycles. The van der Waals surface area contributed by atoms with Crippen molar-refractivity contribution in [3.63, 3.8) is 0 Å². The average Bonchev–Trinajstić information content (AvgIpc) is 1.63. The van der Waals surface area contributed by atoms with Crippen LogP contribution >= 0.6 is 11.6 Å². The molecular weight excluding hydrogens is 160 g/mol. The van der Waals surface area contributed by atoms with Crippen molar-refractivity contribution >= 4 is 22.6 Å². The molecule has 2 heteroatoms. The first kappa shape index (κ1) is 13.1. The largest absolute Gasteiger partial charge is 0.123 e. The van der Waals surface area contributed by atoms with Gasteiger partial charge in [0.2, 0.25) is 0 Å². The Kier molecular flexibility index (Phi) is 9.99. The van der Waals surface area contributed by atoms with Gasteiger partial charge in [0.05, 0.1) is 0 Å². The summed E-state index contributed by atoms with van der Waals surface area (Å²) in [5.41, 5.74) is 0. The van der Waals surface area contributed by atoms with E-state index >= 15 is 0 Å². The van der Waals surface area contributed by atoms with Crippen molar-refractivity contribution in [1.82, 2.24) is 0 Å². The minimum absolute atomic E-state index is 0. The highest BCUT2D eigenvalue weighted by Crippen LogP contribution is 2.10. The second-order valence-corrected chi connectivity index (χ2v) is 3.85. The first-order chi connectivity index (χ1) is 4.13. The van der Waals surface area contributed by atoms with E-state index in [2.05, 4.69) is 20.8 Å². The van der Waals surface area contributed by atoms with Crippen molar-refractivity contribution in [2.45, 2.75) is 45.4 Å². The fourth-order valence-electron chi connectivity index (χ4n) is 0.807. The van der Waals surface area contributed by atoms with Gasteiger partial charge in [-0.2, -0.15) is 0 Å². The Bertz CT molecular complexity index is 54.3. The molecular formula is C8H21ClSi. The molecule has 0 saturated heterocycles. The molecule has 0 spiro atoms. The monoisotopic (exact) mass is 180 g/mol. The summed E-state index contributed by atoms with van der Waals surface area (Å²) in [5, 5.41) is 0.365. The van der Waals surface area contributed by atoms with Crippen LogP contribution in [-0.2, 0) is 0 Å². The third-order valence-electron chi connectivity index (χ3n) is 1.38. The summed E-state index contributed by atoms with van der Waals surface area (Å²) in [4.78, 5) is 0. The molecule has 1 unspecified atom stereocenters. The first-order valence-corrected chi connectivity index (χ1v) is 4.20. The topological polar surface area (TPSA) is 0 Å². The van der Waals surface area contributed by atoms with Crippen LogP contribution in [0.4, 0.5) is 0 Å². The van der Waals surface area contributed by atoms with E-state index in [1.165, 1.54) is 19.3 Å². The van der Waals surface area contributed by atoms with Crippen LogP contribution in [0.3, 0.4) is 0 Å². The van der Waals surface area contributed by atoms with E-state index in [9.17, 15) is 0 Å². The zero-order valence-corrected chi connectivity index (χ0v) is 7.41. The summed E-state index contributed by atoms with van der Waals surface area (Å²) in [5.74, 6) is 0.834. The molecule has 0 heterocycles. The Hall–Kier alpha value is 0.507. The van der Waals surface area contributed by atoms with Crippen molar-refractivity contribution in [3.05, 3.63) is 0 Å². The summed E-state index contributed by atoms with van der Waals surface area (Å²) < 4.78 is 0. The molecule has 0 N–H and O–H groups in total. The van der Waals surface area contributed by atoms with Crippen LogP contribution < -0.4 is 0 Å². The van der Waals surface area contributed by atoms with E-state index < -0.39 is 0 Å². The van der Waals surface area contributed by atoms with Crippen LogP contribution in [0, 0.1) is 5.92 Å². The predicted octanol–water partition coefficient (Wildman–Crippen LogP) is 1.99. The Morgan fingerprint density at radius 1 is 1.10 bits per heavy atom. The summed E-state index contributed by atoms with van der Waals surface area (Å²) in [6, 6.07) is 0. The van der Waals surface area contributed by atoms with Gasteiger partial charge in [0, 0.05) is 5.38 Å². The number of alkyl halides is 1. The second-order valence-electron chi connectivity index (χ2n) is 3.11. The third-order valence-corrected chi connectivity index (χ3v) is 1.60. The van der Waals surface area contributed by atoms with E-state index in [0.717, 1.165) is 5.92 Å². The Labute approximate surface area is 74.4 Å². The molecule has 10 heavy (non-hydrogen) atoms. The summed E-state index contributed by atoms with van der Waals surface area (Å²) in [7, 11) is 0. The van der Waals surface area contributed by atoms with Crippen LogP contribution in [0.2, 0.25) is 0 Å². The molecule has 0 aromatic heterocycles. The lowest BCUT2D eigenvalue weighted by atomic mass is 10.1. The van der Waals surface area contributed by atoms with Gasteiger partial charge in [0.25, 0.3) is 0 Å². The summed E-state index contributed by atoms with van der Waals surface area (Å²) >= 11 is 5.76. The van der Waals surface area contributed by atoms with Crippen LogP contribution in [0.1, 0.15) is 40.0 Å². The van der Waals surface area contributed by atoms with Crippen molar-refractivity contribution in [1.29, 1.82) is 0 Å². The van der Waals surface area contributed by atoms with E-state index in [4.69, 9.17) is 11.6 Å². The van der Waals surface area contributed by atoms with Crippen molar-refractivity contribution in [3.8, 4) is 0 Å². The van der Waals surface area contributed by atoms with Gasteiger partial charge < -0.3 is 0 Å². The molecule has 0 rings (SSSR count). The molecule has 0 radical (unpaired) electrons. The first-order valence-electron chi connectivity index (χ1n) is 3.77. The molecule has 0 aromatic rings. The van der Waals surface area contributed by atoms with Gasteiger partial charge in [-0.25, -0.2) is 0 Å². The third kappa shape index (κ3) is 11.3. The van der Waals surface area contributed by atoms with Gasteiger partial charge in [-0.3, -0.25) is 0 Å². The molecule has 0 amide bonds. The molecule has 0 nitrogen and oxygen atoms in total. The molecule has 0 aromatic carbocycles. The minimum Gasteiger partial charge on any atom is -0.123 e. The average molecular weight is 181 g/mol. The van der Waals surface area contributed by atoms with Crippen molar-refractivity contribution in [2.24, 2.45) is 5.92 Å². The quantitative estimate of drug-likeness (QED) is 0.459. The molecule has 0 aliphatic rings. The van der Waals surface area contributed by atoms with E-state index in [1.807, 2.05) is 0 Å². The van der Waals surface area contributed by atoms with Gasteiger partial charge in [0.15, 0.2) is 0 Å². The molecule has 64 valence electrons. The zero-order valence-electron chi connectivity index (χ0n) is 6.65. The van der Waals surface area contributed by atoms with Gasteiger partial charge in [-0.15, -0.1) is 11.6 Å². The number of halogens is 1. The SMILES string of the molecule is CC(C)CCCC(C)Cl.[SiH4]. The van der Waals surface area contributed by atoms with E-state index in [1.54, 1.807) is 0 Å². The molecule has 0 aliphatic carbocycles. The maximum atomic E-state index is 5.76. The highest BCUT2D eigenvalue weighted by Gasteiger charge is 1.97. The minimum atomic E-state index is 0. The molecule has 0 saturated carbocycles. The van der Waals surface area contributed by atoms with Gasteiger partial charge in [0.1, 0.15) is 0 Å². The lowest BCUT2D eigenvalue weighted by molar-refractivity contribution is 0.536. The van der Waals surface area contributed by atoms with Gasteiger partial charge in [-0.05, 0) is 30.2 Å². The van der Waals surface area contributed by atoms with E-state index in [0.29, 0.717) is 5.38 Å². The lowest BCUT2D eigenvalue weighted by Gasteiger charge is -2.04. The molecule has 1 atom stereocenters.